The van der Waals surface area contributed by atoms with Gasteiger partial charge in [-0.15, -0.1) is 0 Å². The first-order chi connectivity index (χ1) is 14.7. The number of piperidine rings is 1. The minimum absolute atomic E-state index is 0.0557. The quantitative estimate of drug-likeness (QED) is 0.767. The number of likely N-dealkylation sites (tertiary alicyclic amines) is 1. The molecule has 6 nitrogen and oxygen atoms in total. The van der Waals surface area contributed by atoms with Crippen LogP contribution in [0.1, 0.15) is 31.2 Å². The maximum absolute atomic E-state index is 12.4. The van der Waals surface area contributed by atoms with Crippen LogP contribution in [0.2, 0.25) is 0 Å². The molecule has 158 valence electrons. The molecular formula is C24H29N3O3. The van der Waals surface area contributed by atoms with Crippen LogP contribution in [0.15, 0.2) is 54.6 Å². The van der Waals surface area contributed by atoms with Crippen molar-refractivity contribution in [1.82, 2.24) is 10.2 Å². The van der Waals surface area contributed by atoms with Crippen LogP contribution in [-0.4, -0.2) is 49.0 Å². The molecule has 2 aromatic carbocycles. The molecule has 0 saturated carbocycles. The first kappa shape index (κ1) is 20.4. The second kappa shape index (κ2) is 9.76. The number of carbonyl (C=O) groups excluding carboxylic acids is 2. The van der Waals surface area contributed by atoms with Crippen LogP contribution in [0.25, 0.3) is 0 Å². The molecule has 1 saturated heterocycles. The van der Waals surface area contributed by atoms with E-state index in [-0.39, 0.29) is 24.5 Å². The molecule has 0 aromatic heterocycles. The first-order valence-electron chi connectivity index (χ1n) is 10.8. The predicted molar refractivity (Wildman–Crippen MR) is 116 cm³/mol. The summed E-state index contributed by atoms with van der Waals surface area (Å²) in [4.78, 5) is 28.8. The summed E-state index contributed by atoms with van der Waals surface area (Å²) in [6.07, 6.45) is 3.03. The van der Waals surface area contributed by atoms with Crippen LogP contribution >= 0.6 is 0 Å². The zero-order chi connectivity index (χ0) is 20.8. The lowest BCUT2D eigenvalue weighted by Gasteiger charge is -2.32. The lowest BCUT2D eigenvalue weighted by Crippen LogP contribution is -2.44. The van der Waals surface area contributed by atoms with Gasteiger partial charge in [0.1, 0.15) is 5.75 Å². The minimum Gasteiger partial charge on any atom is -0.482 e. The normalized spacial score (nSPS) is 17.3. The van der Waals surface area contributed by atoms with Crippen molar-refractivity contribution in [2.75, 3.05) is 31.1 Å². The Kier molecular flexibility index (Phi) is 6.64. The van der Waals surface area contributed by atoms with E-state index in [0.717, 1.165) is 43.9 Å². The van der Waals surface area contributed by atoms with E-state index in [9.17, 15) is 9.59 Å². The fourth-order valence-electron chi connectivity index (χ4n) is 4.17. The third-order valence-corrected chi connectivity index (χ3v) is 5.80. The summed E-state index contributed by atoms with van der Waals surface area (Å²) < 4.78 is 5.47. The molecule has 2 aliphatic rings. The number of nitrogens with one attached hydrogen (secondary N) is 1. The predicted octanol–water partition coefficient (Wildman–Crippen LogP) is 2.97. The molecule has 1 fully saturated rings. The highest BCUT2D eigenvalue weighted by molar-refractivity contribution is 5.97. The van der Waals surface area contributed by atoms with Gasteiger partial charge in [0.05, 0.1) is 5.69 Å². The van der Waals surface area contributed by atoms with E-state index >= 15 is 0 Å². The molecule has 1 N–H and O–H groups in total. The van der Waals surface area contributed by atoms with Gasteiger partial charge < -0.3 is 15.0 Å². The Hall–Kier alpha value is -2.86. The van der Waals surface area contributed by atoms with Crippen LogP contribution in [0.3, 0.4) is 0 Å². The van der Waals surface area contributed by atoms with E-state index in [2.05, 4.69) is 34.5 Å². The molecule has 30 heavy (non-hydrogen) atoms. The molecule has 0 aliphatic carbocycles. The average molecular weight is 408 g/mol. The number of hydrogen-bond acceptors (Lipinski definition) is 4. The van der Waals surface area contributed by atoms with E-state index in [0.29, 0.717) is 19.4 Å². The highest BCUT2D eigenvalue weighted by Crippen LogP contribution is 2.31. The Bertz CT molecular complexity index is 863. The number of rotatable bonds is 7. The minimum atomic E-state index is -0.0557. The molecule has 6 heteroatoms. The van der Waals surface area contributed by atoms with Gasteiger partial charge in [0, 0.05) is 38.6 Å². The number of carbonyl (C=O) groups is 2. The lowest BCUT2D eigenvalue weighted by atomic mass is 10.0. The number of para-hydroxylation sites is 2. The van der Waals surface area contributed by atoms with Gasteiger partial charge in [-0.25, -0.2) is 0 Å². The summed E-state index contributed by atoms with van der Waals surface area (Å²) in [5.74, 6) is 0.745. The molecular weight excluding hydrogens is 378 g/mol. The maximum Gasteiger partial charge on any atom is 0.265 e. The van der Waals surface area contributed by atoms with Gasteiger partial charge in [-0.05, 0) is 37.0 Å². The second-order valence-corrected chi connectivity index (χ2v) is 8.01. The largest absolute Gasteiger partial charge is 0.482 e. The van der Waals surface area contributed by atoms with Crippen molar-refractivity contribution in [3.05, 3.63) is 60.2 Å². The molecule has 4 rings (SSSR count). The fourth-order valence-corrected chi connectivity index (χ4v) is 4.17. The Morgan fingerprint density at radius 3 is 2.57 bits per heavy atom. The summed E-state index contributed by atoms with van der Waals surface area (Å²) in [5.41, 5.74) is 2.12. The molecule has 2 aliphatic heterocycles. The van der Waals surface area contributed by atoms with Gasteiger partial charge in [-0.3, -0.25) is 14.5 Å². The zero-order valence-corrected chi connectivity index (χ0v) is 17.3. The van der Waals surface area contributed by atoms with Gasteiger partial charge >= 0.3 is 0 Å². The number of hydrogen-bond donors (Lipinski definition) is 1. The Balaban J connectivity index is 1.18. The number of nitrogens with zero attached hydrogens (tertiary/aromatic N) is 2. The number of anilines is 1. The maximum atomic E-state index is 12.4. The SMILES string of the molecule is O=C(CCCN1C(=O)COc2ccccc21)NC1CCN(Cc2ccccc2)CC1. The van der Waals surface area contributed by atoms with E-state index in [1.807, 2.05) is 30.3 Å². The van der Waals surface area contributed by atoms with Crippen LogP contribution < -0.4 is 15.0 Å². The number of ether oxygens (including phenoxy) is 1. The van der Waals surface area contributed by atoms with Crippen molar-refractivity contribution in [1.29, 1.82) is 0 Å². The van der Waals surface area contributed by atoms with Crippen LogP contribution in [-0.2, 0) is 16.1 Å². The summed E-state index contributed by atoms with van der Waals surface area (Å²) >= 11 is 0. The highest BCUT2D eigenvalue weighted by Gasteiger charge is 2.25. The Morgan fingerprint density at radius 2 is 1.77 bits per heavy atom. The summed E-state index contributed by atoms with van der Waals surface area (Å²) in [5, 5.41) is 3.18. The molecule has 0 atom stereocenters. The molecule has 0 radical (unpaired) electrons. The van der Waals surface area contributed by atoms with Crippen molar-refractivity contribution in [3.8, 4) is 5.75 Å². The van der Waals surface area contributed by atoms with Crippen molar-refractivity contribution >= 4 is 17.5 Å². The van der Waals surface area contributed by atoms with Crippen LogP contribution in [0.4, 0.5) is 5.69 Å². The van der Waals surface area contributed by atoms with Crippen molar-refractivity contribution < 1.29 is 14.3 Å². The summed E-state index contributed by atoms with van der Waals surface area (Å²) in [6, 6.07) is 18.3. The zero-order valence-electron chi connectivity index (χ0n) is 17.3. The Morgan fingerprint density at radius 1 is 1.03 bits per heavy atom. The molecule has 2 heterocycles. The van der Waals surface area contributed by atoms with Gasteiger partial charge in [0.2, 0.25) is 5.91 Å². The van der Waals surface area contributed by atoms with Crippen molar-refractivity contribution in [2.45, 2.75) is 38.3 Å². The van der Waals surface area contributed by atoms with Gasteiger partial charge in [0.15, 0.2) is 6.61 Å². The lowest BCUT2D eigenvalue weighted by molar-refractivity contribution is -0.123. The van der Waals surface area contributed by atoms with Crippen molar-refractivity contribution in [3.63, 3.8) is 0 Å². The summed E-state index contributed by atoms with van der Waals surface area (Å²) in [7, 11) is 0. The monoisotopic (exact) mass is 407 g/mol. The highest BCUT2D eigenvalue weighted by atomic mass is 16.5. The molecule has 2 amide bonds. The first-order valence-corrected chi connectivity index (χ1v) is 10.8. The van der Waals surface area contributed by atoms with E-state index < -0.39 is 0 Å². The second-order valence-electron chi connectivity index (χ2n) is 8.01. The van der Waals surface area contributed by atoms with Gasteiger partial charge in [0.25, 0.3) is 5.91 Å². The van der Waals surface area contributed by atoms with Crippen LogP contribution in [0.5, 0.6) is 5.75 Å². The number of amides is 2. The van der Waals surface area contributed by atoms with Crippen molar-refractivity contribution in [2.24, 2.45) is 0 Å². The van der Waals surface area contributed by atoms with Crippen LogP contribution in [0, 0.1) is 0 Å². The summed E-state index contributed by atoms with van der Waals surface area (Å²) in [6.45, 7) is 3.56. The Labute approximate surface area is 177 Å². The van der Waals surface area contributed by atoms with E-state index in [1.54, 1.807) is 4.90 Å². The molecule has 0 bridgehead atoms. The van der Waals surface area contributed by atoms with E-state index in [4.69, 9.17) is 4.74 Å². The molecule has 0 spiro atoms. The smallest absolute Gasteiger partial charge is 0.265 e. The fraction of sp³-hybridized carbons (Fsp3) is 0.417. The third kappa shape index (κ3) is 5.19. The molecule has 2 aromatic rings. The molecule has 0 unspecified atom stereocenters. The third-order valence-electron chi connectivity index (χ3n) is 5.80. The average Bonchev–Trinajstić information content (AvgIpc) is 2.77. The number of benzene rings is 2. The topological polar surface area (TPSA) is 61.9 Å². The standard InChI is InChI=1S/C24H29N3O3/c28-23(11-6-14-27-21-9-4-5-10-22(21)30-18-24(27)29)25-20-12-15-26(16-13-20)17-19-7-2-1-3-8-19/h1-5,7-10,20H,6,11-18H2,(H,25,28). The number of fused-ring (bicyclic) bond motifs is 1. The van der Waals surface area contributed by atoms with Gasteiger partial charge in [-0.1, -0.05) is 42.5 Å². The van der Waals surface area contributed by atoms with Gasteiger partial charge in [-0.2, -0.15) is 0 Å². The van der Waals surface area contributed by atoms with E-state index in [1.165, 1.54) is 5.56 Å².